The quantitative estimate of drug-likeness (QED) is 0.541. The number of nitrogens with two attached hydrogens (primary N) is 1. The van der Waals surface area contributed by atoms with Gasteiger partial charge in [0.15, 0.2) is 0 Å². The molecule has 1 aromatic heterocycles. The summed E-state index contributed by atoms with van der Waals surface area (Å²) in [6.07, 6.45) is 3.87. The predicted octanol–water partition coefficient (Wildman–Crippen LogP) is -0.655. The van der Waals surface area contributed by atoms with Crippen molar-refractivity contribution in [3.8, 4) is 0 Å². The minimum Gasteiger partial charge on any atom is -0.330 e. The zero-order chi connectivity index (χ0) is 9.68. The van der Waals surface area contributed by atoms with Gasteiger partial charge in [-0.2, -0.15) is 0 Å². The number of aryl methyl sites for hydroxylation is 1. The van der Waals surface area contributed by atoms with Gasteiger partial charge >= 0.3 is 5.69 Å². The van der Waals surface area contributed by atoms with Crippen LogP contribution < -0.4 is 17.0 Å². The largest absolute Gasteiger partial charge is 0.330 e. The van der Waals surface area contributed by atoms with Crippen molar-refractivity contribution in [2.75, 3.05) is 6.54 Å². The van der Waals surface area contributed by atoms with Gasteiger partial charge in [0.2, 0.25) is 0 Å². The van der Waals surface area contributed by atoms with Crippen LogP contribution in [0.2, 0.25) is 0 Å². The van der Waals surface area contributed by atoms with Gasteiger partial charge in [-0.3, -0.25) is 9.78 Å². The lowest BCUT2D eigenvalue weighted by Crippen LogP contribution is -2.24. The van der Waals surface area contributed by atoms with Gasteiger partial charge in [-0.05, 0) is 25.8 Å². The van der Waals surface area contributed by atoms with E-state index in [9.17, 15) is 9.59 Å². The Balaban J connectivity index is 2.67. The Kier molecular flexibility index (Phi) is 3.45. The maximum Gasteiger partial charge on any atom is 0.325 e. The maximum absolute atomic E-state index is 11.1. The van der Waals surface area contributed by atoms with E-state index < -0.39 is 5.69 Å². The predicted molar refractivity (Wildman–Crippen MR) is 49.7 cm³/mol. The number of rotatable bonds is 4. The average molecular weight is 183 g/mol. The number of unbranched alkanes of at least 4 members (excludes halogenated alkanes) is 1. The van der Waals surface area contributed by atoms with E-state index in [1.807, 2.05) is 0 Å². The van der Waals surface area contributed by atoms with Gasteiger partial charge in [-0.25, -0.2) is 4.79 Å². The molecule has 0 aliphatic rings. The Bertz CT molecular complexity index is 366. The number of hydrogen-bond acceptors (Lipinski definition) is 3. The highest BCUT2D eigenvalue weighted by atomic mass is 16.2. The van der Waals surface area contributed by atoms with E-state index in [0.717, 1.165) is 12.8 Å². The molecular weight excluding hydrogens is 170 g/mol. The maximum atomic E-state index is 11.1. The summed E-state index contributed by atoms with van der Waals surface area (Å²) in [7, 11) is 0. The van der Waals surface area contributed by atoms with Gasteiger partial charge in [0.05, 0.1) is 0 Å². The van der Waals surface area contributed by atoms with Crippen molar-refractivity contribution in [1.29, 1.82) is 0 Å². The van der Waals surface area contributed by atoms with Gasteiger partial charge in [0.25, 0.3) is 5.56 Å². The van der Waals surface area contributed by atoms with Crippen molar-refractivity contribution in [3.05, 3.63) is 32.6 Å². The SMILES string of the molecule is NCCCCc1c[nH]c(=O)[nH]c1=O. The van der Waals surface area contributed by atoms with Crippen LogP contribution in [0, 0.1) is 0 Å². The molecular formula is C8H13N3O2. The van der Waals surface area contributed by atoms with E-state index in [1.54, 1.807) is 0 Å². The molecule has 5 heteroatoms. The molecule has 0 spiro atoms. The first-order valence-electron chi connectivity index (χ1n) is 4.25. The molecule has 0 bridgehead atoms. The van der Waals surface area contributed by atoms with E-state index >= 15 is 0 Å². The molecule has 5 nitrogen and oxygen atoms in total. The van der Waals surface area contributed by atoms with E-state index in [-0.39, 0.29) is 5.56 Å². The number of hydrogen-bond donors (Lipinski definition) is 3. The smallest absolute Gasteiger partial charge is 0.325 e. The first-order valence-corrected chi connectivity index (χ1v) is 4.25. The molecule has 0 saturated heterocycles. The molecule has 0 unspecified atom stereocenters. The third-order valence-electron chi connectivity index (χ3n) is 1.80. The summed E-state index contributed by atoms with van der Waals surface area (Å²) in [6, 6.07) is 0. The van der Waals surface area contributed by atoms with Crippen LogP contribution >= 0.6 is 0 Å². The molecule has 13 heavy (non-hydrogen) atoms. The number of aromatic amines is 2. The minimum atomic E-state index is -0.465. The van der Waals surface area contributed by atoms with Crippen LogP contribution in [0.3, 0.4) is 0 Å². The molecule has 0 amide bonds. The summed E-state index contributed by atoms with van der Waals surface area (Å²) < 4.78 is 0. The van der Waals surface area contributed by atoms with Crippen molar-refractivity contribution >= 4 is 0 Å². The third kappa shape index (κ3) is 2.87. The zero-order valence-corrected chi connectivity index (χ0v) is 7.30. The molecule has 0 saturated carbocycles. The molecule has 0 aliphatic heterocycles. The lowest BCUT2D eigenvalue weighted by Gasteiger charge is -1.97. The highest BCUT2D eigenvalue weighted by Gasteiger charge is 1.98. The Hall–Kier alpha value is -1.36. The first kappa shape index (κ1) is 9.73. The van der Waals surface area contributed by atoms with Gasteiger partial charge in [0.1, 0.15) is 0 Å². The van der Waals surface area contributed by atoms with E-state index in [0.29, 0.717) is 18.5 Å². The normalized spacial score (nSPS) is 10.2. The van der Waals surface area contributed by atoms with Gasteiger partial charge in [0, 0.05) is 11.8 Å². The van der Waals surface area contributed by atoms with Crippen molar-refractivity contribution in [2.45, 2.75) is 19.3 Å². The summed E-state index contributed by atoms with van der Waals surface area (Å²) in [5.74, 6) is 0. The molecule has 1 rings (SSSR count). The lowest BCUT2D eigenvalue weighted by molar-refractivity contribution is 0.734. The van der Waals surface area contributed by atoms with Crippen molar-refractivity contribution in [3.63, 3.8) is 0 Å². The number of aromatic nitrogens is 2. The summed E-state index contributed by atoms with van der Waals surface area (Å²) >= 11 is 0. The van der Waals surface area contributed by atoms with E-state index in [4.69, 9.17) is 5.73 Å². The van der Waals surface area contributed by atoms with E-state index in [1.165, 1.54) is 6.20 Å². The Morgan fingerprint density at radius 2 is 2.08 bits per heavy atom. The number of H-pyrrole nitrogens is 2. The molecule has 72 valence electrons. The van der Waals surface area contributed by atoms with Crippen LogP contribution in [0.15, 0.2) is 15.8 Å². The lowest BCUT2D eigenvalue weighted by atomic mass is 10.1. The molecule has 0 fully saturated rings. The fraction of sp³-hybridized carbons (Fsp3) is 0.500. The standard InChI is InChI=1S/C8H13N3O2/c9-4-2-1-3-6-5-10-8(13)11-7(6)12/h5H,1-4,9H2,(H2,10,11,12,13). The summed E-state index contributed by atoms with van der Waals surface area (Å²) in [5, 5.41) is 0. The highest BCUT2D eigenvalue weighted by molar-refractivity contribution is 5.02. The second kappa shape index (κ2) is 4.61. The van der Waals surface area contributed by atoms with Crippen LogP contribution in [0.1, 0.15) is 18.4 Å². The summed E-state index contributed by atoms with van der Waals surface area (Å²) in [4.78, 5) is 26.4. The van der Waals surface area contributed by atoms with Crippen LogP contribution in [-0.4, -0.2) is 16.5 Å². The van der Waals surface area contributed by atoms with Crippen LogP contribution in [0.25, 0.3) is 0 Å². The molecule has 0 radical (unpaired) electrons. The van der Waals surface area contributed by atoms with Crippen molar-refractivity contribution in [2.24, 2.45) is 5.73 Å². The summed E-state index contributed by atoms with van der Waals surface area (Å²) in [6.45, 7) is 0.626. The van der Waals surface area contributed by atoms with Crippen LogP contribution in [-0.2, 0) is 6.42 Å². The second-order valence-corrected chi connectivity index (χ2v) is 2.84. The van der Waals surface area contributed by atoms with Gasteiger partial charge < -0.3 is 10.7 Å². The van der Waals surface area contributed by atoms with Crippen LogP contribution in [0.5, 0.6) is 0 Å². The van der Waals surface area contributed by atoms with Crippen molar-refractivity contribution in [1.82, 2.24) is 9.97 Å². The fourth-order valence-corrected chi connectivity index (χ4v) is 1.08. The average Bonchev–Trinajstić information content (AvgIpc) is 2.09. The first-order chi connectivity index (χ1) is 6.24. The van der Waals surface area contributed by atoms with Gasteiger partial charge in [-0.15, -0.1) is 0 Å². The Morgan fingerprint density at radius 3 is 2.69 bits per heavy atom. The number of nitrogens with one attached hydrogen (secondary N) is 2. The second-order valence-electron chi connectivity index (χ2n) is 2.84. The molecule has 0 atom stereocenters. The molecule has 0 aliphatic carbocycles. The van der Waals surface area contributed by atoms with E-state index in [2.05, 4.69) is 9.97 Å². The summed E-state index contributed by atoms with van der Waals surface area (Å²) in [5.41, 5.74) is 5.15. The van der Waals surface area contributed by atoms with Crippen LogP contribution in [0.4, 0.5) is 0 Å². The Morgan fingerprint density at radius 1 is 1.31 bits per heavy atom. The topological polar surface area (TPSA) is 91.7 Å². The highest BCUT2D eigenvalue weighted by Crippen LogP contribution is 1.95. The molecule has 1 heterocycles. The van der Waals surface area contributed by atoms with Crippen molar-refractivity contribution < 1.29 is 0 Å². The monoisotopic (exact) mass is 183 g/mol. The Labute approximate surface area is 75.0 Å². The molecule has 1 aromatic rings. The van der Waals surface area contributed by atoms with Gasteiger partial charge in [-0.1, -0.05) is 0 Å². The zero-order valence-electron chi connectivity index (χ0n) is 7.30. The molecule has 0 aromatic carbocycles. The third-order valence-corrected chi connectivity index (χ3v) is 1.80. The molecule has 4 N–H and O–H groups in total. The minimum absolute atomic E-state index is 0.305. The fourth-order valence-electron chi connectivity index (χ4n) is 1.08.